The Morgan fingerprint density at radius 1 is 1.27 bits per heavy atom. The summed E-state index contributed by atoms with van der Waals surface area (Å²) in [6.07, 6.45) is 4.09. The van der Waals surface area contributed by atoms with Crippen LogP contribution in [0.25, 0.3) is 12.2 Å². The van der Waals surface area contributed by atoms with Crippen LogP contribution in [0.2, 0.25) is 0 Å². The molecule has 0 aliphatic heterocycles. The number of rotatable bonds is 6. The van der Waals surface area contributed by atoms with Gasteiger partial charge in [0.1, 0.15) is 0 Å². The van der Waals surface area contributed by atoms with E-state index < -0.39 is 12.0 Å². The molecule has 1 unspecified atom stereocenters. The van der Waals surface area contributed by atoms with E-state index in [1.165, 1.54) is 10.2 Å². The predicted molar refractivity (Wildman–Crippen MR) is 84.1 cm³/mol. The van der Waals surface area contributed by atoms with Gasteiger partial charge >= 0.3 is 5.97 Å². The molecule has 6 heteroatoms. The maximum absolute atomic E-state index is 11.5. The third kappa shape index (κ3) is 4.00. The number of aromatic nitrogens is 4. The molecule has 1 aromatic heterocycles. The molecule has 2 aromatic rings. The van der Waals surface area contributed by atoms with Crippen LogP contribution < -0.4 is 0 Å². The van der Waals surface area contributed by atoms with Crippen molar-refractivity contribution in [1.82, 2.24) is 20.2 Å². The minimum Gasteiger partial charge on any atom is -0.480 e. The third-order valence-electron chi connectivity index (χ3n) is 3.30. The number of carboxylic acid groups (broad SMARTS) is 1. The van der Waals surface area contributed by atoms with Crippen molar-refractivity contribution < 1.29 is 9.90 Å². The standard InChI is InChI=1S/C16H20N4O2/c1-11(2)10-14(16(21)22)20-15(17-18-19-20)9-8-13-6-4-12(3)5-7-13/h4-9,11,14H,10H2,1-3H3,(H,21,22)/b9-8+. The SMILES string of the molecule is Cc1ccc(/C=C/c2nnnn2C(CC(C)C)C(=O)O)cc1. The molecule has 1 N–H and O–H groups in total. The van der Waals surface area contributed by atoms with Crippen molar-refractivity contribution in [3.05, 3.63) is 41.2 Å². The van der Waals surface area contributed by atoms with E-state index in [1.807, 2.05) is 51.1 Å². The fourth-order valence-electron chi connectivity index (χ4n) is 2.13. The maximum atomic E-state index is 11.5. The van der Waals surface area contributed by atoms with Crippen LogP contribution in [0, 0.1) is 12.8 Å². The molecule has 2 rings (SSSR count). The predicted octanol–water partition coefficient (Wildman–Crippen LogP) is 2.82. The molecule has 0 aliphatic carbocycles. The van der Waals surface area contributed by atoms with Crippen molar-refractivity contribution in [2.24, 2.45) is 5.92 Å². The van der Waals surface area contributed by atoms with Crippen LogP contribution in [0.15, 0.2) is 24.3 Å². The average Bonchev–Trinajstić information content (AvgIpc) is 2.92. The lowest BCUT2D eigenvalue weighted by Crippen LogP contribution is -2.23. The van der Waals surface area contributed by atoms with Gasteiger partial charge in [-0.05, 0) is 41.3 Å². The molecule has 0 fully saturated rings. The van der Waals surface area contributed by atoms with E-state index >= 15 is 0 Å². The lowest BCUT2D eigenvalue weighted by atomic mass is 10.0. The molecule has 0 bridgehead atoms. The van der Waals surface area contributed by atoms with Crippen LogP contribution in [0.1, 0.15) is 43.3 Å². The first-order chi connectivity index (χ1) is 10.5. The molecule has 6 nitrogen and oxygen atoms in total. The number of carbonyl (C=O) groups is 1. The van der Waals surface area contributed by atoms with Gasteiger partial charge in [0.15, 0.2) is 11.9 Å². The Bertz CT molecular complexity index is 659. The monoisotopic (exact) mass is 300 g/mol. The van der Waals surface area contributed by atoms with Gasteiger partial charge in [-0.3, -0.25) is 0 Å². The Balaban J connectivity index is 2.24. The van der Waals surface area contributed by atoms with Crippen molar-refractivity contribution >= 4 is 18.1 Å². The van der Waals surface area contributed by atoms with Crippen molar-refractivity contribution in [3.8, 4) is 0 Å². The molecule has 116 valence electrons. The molecule has 1 atom stereocenters. The zero-order chi connectivity index (χ0) is 16.1. The number of hydrogen-bond acceptors (Lipinski definition) is 4. The summed E-state index contributed by atoms with van der Waals surface area (Å²) in [4.78, 5) is 11.5. The van der Waals surface area contributed by atoms with Gasteiger partial charge in [0, 0.05) is 0 Å². The summed E-state index contributed by atoms with van der Waals surface area (Å²) in [7, 11) is 0. The molecule has 0 spiro atoms. The van der Waals surface area contributed by atoms with Crippen LogP contribution >= 0.6 is 0 Å². The van der Waals surface area contributed by atoms with Crippen molar-refractivity contribution in [1.29, 1.82) is 0 Å². The lowest BCUT2D eigenvalue weighted by Gasteiger charge is -2.14. The Labute approximate surface area is 129 Å². The van der Waals surface area contributed by atoms with E-state index in [0.29, 0.717) is 12.2 Å². The van der Waals surface area contributed by atoms with E-state index in [0.717, 1.165) is 5.56 Å². The second-order valence-electron chi connectivity index (χ2n) is 5.71. The highest BCUT2D eigenvalue weighted by Crippen LogP contribution is 2.19. The zero-order valence-electron chi connectivity index (χ0n) is 13.0. The summed E-state index contributed by atoms with van der Waals surface area (Å²) in [6.45, 7) is 5.97. The largest absolute Gasteiger partial charge is 0.480 e. The second-order valence-corrected chi connectivity index (χ2v) is 5.71. The number of carboxylic acids is 1. The summed E-state index contributed by atoms with van der Waals surface area (Å²) in [5.74, 6) is -0.251. The van der Waals surface area contributed by atoms with Crippen molar-refractivity contribution in [2.45, 2.75) is 33.2 Å². The Kier molecular flexibility index (Phi) is 5.04. The topological polar surface area (TPSA) is 80.9 Å². The van der Waals surface area contributed by atoms with E-state index in [1.54, 1.807) is 6.08 Å². The quantitative estimate of drug-likeness (QED) is 0.887. The summed E-state index contributed by atoms with van der Waals surface area (Å²) < 4.78 is 1.37. The smallest absolute Gasteiger partial charge is 0.328 e. The lowest BCUT2D eigenvalue weighted by molar-refractivity contribution is -0.141. The van der Waals surface area contributed by atoms with Crippen LogP contribution in [-0.4, -0.2) is 31.3 Å². The number of tetrazole rings is 1. The Morgan fingerprint density at radius 2 is 1.95 bits per heavy atom. The molecule has 1 heterocycles. The first kappa shape index (κ1) is 15.9. The number of hydrogen-bond donors (Lipinski definition) is 1. The Morgan fingerprint density at radius 3 is 2.55 bits per heavy atom. The molecular weight excluding hydrogens is 280 g/mol. The normalized spacial score (nSPS) is 12.9. The van der Waals surface area contributed by atoms with Crippen LogP contribution in [0.3, 0.4) is 0 Å². The molecule has 1 aromatic carbocycles. The van der Waals surface area contributed by atoms with Gasteiger partial charge in [-0.25, -0.2) is 9.48 Å². The molecule has 22 heavy (non-hydrogen) atoms. The van der Waals surface area contributed by atoms with Crippen LogP contribution in [-0.2, 0) is 4.79 Å². The average molecular weight is 300 g/mol. The molecule has 0 saturated heterocycles. The minimum absolute atomic E-state index is 0.235. The van der Waals surface area contributed by atoms with E-state index in [9.17, 15) is 9.90 Å². The van der Waals surface area contributed by atoms with Gasteiger partial charge in [0.05, 0.1) is 0 Å². The fourth-order valence-corrected chi connectivity index (χ4v) is 2.13. The fraction of sp³-hybridized carbons (Fsp3) is 0.375. The number of benzene rings is 1. The molecule has 0 saturated carbocycles. The minimum atomic E-state index is -0.925. The summed E-state index contributed by atoms with van der Waals surface area (Å²) >= 11 is 0. The zero-order valence-corrected chi connectivity index (χ0v) is 13.0. The molecule has 0 amide bonds. The first-order valence-electron chi connectivity index (χ1n) is 7.23. The third-order valence-corrected chi connectivity index (χ3v) is 3.30. The van der Waals surface area contributed by atoms with Gasteiger partial charge < -0.3 is 5.11 Å². The van der Waals surface area contributed by atoms with Gasteiger partial charge in [0.2, 0.25) is 0 Å². The van der Waals surface area contributed by atoms with E-state index in [2.05, 4.69) is 15.5 Å². The van der Waals surface area contributed by atoms with Gasteiger partial charge in [0.25, 0.3) is 0 Å². The molecule has 0 aliphatic rings. The van der Waals surface area contributed by atoms with Gasteiger partial charge in [-0.15, -0.1) is 5.10 Å². The molecular formula is C16H20N4O2. The van der Waals surface area contributed by atoms with Gasteiger partial charge in [-0.1, -0.05) is 49.8 Å². The first-order valence-corrected chi connectivity index (χ1v) is 7.23. The summed E-state index contributed by atoms with van der Waals surface area (Å²) in [5, 5.41) is 20.8. The number of aliphatic carboxylic acids is 1. The maximum Gasteiger partial charge on any atom is 0.328 e. The van der Waals surface area contributed by atoms with E-state index in [4.69, 9.17) is 0 Å². The van der Waals surface area contributed by atoms with Crippen molar-refractivity contribution in [3.63, 3.8) is 0 Å². The van der Waals surface area contributed by atoms with Crippen molar-refractivity contribution in [2.75, 3.05) is 0 Å². The highest BCUT2D eigenvalue weighted by Gasteiger charge is 2.24. The number of nitrogens with zero attached hydrogens (tertiary/aromatic N) is 4. The molecule has 0 radical (unpaired) electrons. The second kappa shape index (κ2) is 6.98. The summed E-state index contributed by atoms with van der Waals surface area (Å²) in [5.41, 5.74) is 2.20. The highest BCUT2D eigenvalue weighted by molar-refractivity contribution is 5.73. The summed E-state index contributed by atoms with van der Waals surface area (Å²) in [6, 6.07) is 7.25. The Hall–Kier alpha value is -2.50. The van der Waals surface area contributed by atoms with E-state index in [-0.39, 0.29) is 5.92 Å². The van der Waals surface area contributed by atoms with Crippen LogP contribution in [0.5, 0.6) is 0 Å². The number of aryl methyl sites for hydroxylation is 1. The van der Waals surface area contributed by atoms with Crippen LogP contribution in [0.4, 0.5) is 0 Å². The van der Waals surface area contributed by atoms with Gasteiger partial charge in [-0.2, -0.15) is 0 Å². The highest BCUT2D eigenvalue weighted by atomic mass is 16.4.